The van der Waals surface area contributed by atoms with Crippen molar-refractivity contribution in [3.05, 3.63) is 33.3 Å². The molecule has 0 aliphatic heterocycles. The Morgan fingerprint density at radius 1 is 1.36 bits per heavy atom. The number of nitrogens with zero attached hydrogens (tertiary/aromatic N) is 1. The third kappa shape index (κ3) is 2.07. The Hall–Kier alpha value is -1.02. The van der Waals surface area contributed by atoms with Gasteiger partial charge in [0.15, 0.2) is 0 Å². The Morgan fingerprint density at radius 2 is 1.93 bits per heavy atom. The van der Waals surface area contributed by atoms with E-state index in [4.69, 9.17) is 5.26 Å². The van der Waals surface area contributed by atoms with Crippen LogP contribution in [0.15, 0.2) is 16.6 Å². The van der Waals surface area contributed by atoms with Crippen LogP contribution in [-0.4, -0.2) is 0 Å². The molecule has 0 spiro atoms. The summed E-state index contributed by atoms with van der Waals surface area (Å²) in [5.74, 6) is 0. The number of rotatable bonds is 0. The minimum atomic E-state index is -4.39. The van der Waals surface area contributed by atoms with Crippen molar-refractivity contribution in [1.29, 1.82) is 5.26 Å². The van der Waals surface area contributed by atoms with E-state index in [0.717, 1.165) is 6.07 Å². The normalized spacial score (nSPS) is 11.1. The molecule has 0 radical (unpaired) electrons. The quantitative estimate of drug-likeness (QED) is 0.701. The molecule has 1 aromatic rings. The Kier molecular flexibility index (Phi) is 2.86. The summed E-state index contributed by atoms with van der Waals surface area (Å²) in [6.07, 6.45) is -4.39. The lowest BCUT2D eigenvalue weighted by atomic mass is 10.1. The molecule has 0 atom stereocenters. The van der Waals surface area contributed by atoms with Crippen LogP contribution < -0.4 is 0 Å². The van der Waals surface area contributed by atoms with Gasteiger partial charge in [0, 0.05) is 4.47 Å². The van der Waals surface area contributed by atoms with Crippen molar-refractivity contribution in [3.8, 4) is 6.07 Å². The number of aryl methyl sites for hydroxylation is 1. The van der Waals surface area contributed by atoms with Gasteiger partial charge in [0.2, 0.25) is 0 Å². The summed E-state index contributed by atoms with van der Waals surface area (Å²) in [5, 5.41) is 8.53. The van der Waals surface area contributed by atoms with Crippen LogP contribution in [0.1, 0.15) is 16.7 Å². The van der Waals surface area contributed by atoms with E-state index in [-0.39, 0.29) is 15.6 Å². The SMILES string of the molecule is Cc1cc(C#N)cc(Br)c1C(F)(F)F. The first kappa shape index (κ1) is 11.1. The fraction of sp³-hybridized carbons (Fsp3) is 0.222. The molecule has 1 rings (SSSR count). The molecule has 14 heavy (non-hydrogen) atoms. The van der Waals surface area contributed by atoms with Gasteiger partial charge in [0.05, 0.1) is 17.2 Å². The van der Waals surface area contributed by atoms with Crippen molar-refractivity contribution in [2.45, 2.75) is 13.1 Å². The maximum absolute atomic E-state index is 12.4. The van der Waals surface area contributed by atoms with Gasteiger partial charge < -0.3 is 0 Å². The molecule has 1 nitrogen and oxygen atoms in total. The molecular formula is C9H5BrF3N. The number of halogens is 4. The van der Waals surface area contributed by atoms with Crippen LogP contribution in [-0.2, 0) is 6.18 Å². The second kappa shape index (κ2) is 3.62. The van der Waals surface area contributed by atoms with Gasteiger partial charge in [-0.3, -0.25) is 0 Å². The molecule has 0 saturated heterocycles. The zero-order chi connectivity index (χ0) is 10.9. The summed E-state index contributed by atoms with van der Waals surface area (Å²) in [7, 11) is 0. The van der Waals surface area contributed by atoms with Crippen molar-refractivity contribution >= 4 is 15.9 Å². The molecular weight excluding hydrogens is 259 g/mol. The lowest BCUT2D eigenvalue weighted by molar-refractivity contribution is -0.138. The van der Waals surface area contributed by atoms with Gasteiger partial charge in [-0.15, -0.1) is 0 Å². The highest BCUT2D eigenvalue weighted by Gasteiger charge is 2.34. The zero-order valence-corrected chi connectivity index (χ0v) is 8.70. The highest BCUT2D eigenvalue weighted by atomic mass is 79.9. The van der Waals surface area contributed by atoms with Crippen LogP contribution >= 0.6 is 15.9 Å². The predicted octanol–water partition coefficient (Wildman–Crippen LogP) is 3.65. The van der Waals surface area contributed by atoms with E-state index >= 15 is 0 Å². The van der Waals surface area contributed by atoms with Crippen LogP contribution in [0, 0.1) is 18.3 Å². The minimum Gasteiger partial charge on any atom is -0.192 e. The maximum atomic E-state index is 12.4. The fourth-order valence-corrected chi connectivity index (χ4v) is 1.95. The average molecular weight is 264 g/mol. The Balaban J connectivity index is 3.42. The van der Waals surface area contributed by atoms with Gasteiger partial charge in [-0.1, -0.05) is 15.9 Å². The summed E-state index contributed by atoms with van der Waals surface area (Å²) in [4.78, 5) is 0. The minimum absolute atomic E-state index is 0.0448. The summed E-state index contributed by atoms with van der Waals surface area (Å²) >= 11 is 2.80. The monoisotopic (exact) mass is 263 g/mol. The van der Waals surface area contributed by atoms with Gasteiger partial charge >= 0.3 is 6.18 Å². The molecule has 0 bridgehead atoms. The van der Waals surface area contributed by atoms with Crippen molar-refractivity contribution in [1.82, 2.24) is 0 Å². The molecule has 0 aliphatic carbocycles. The van der Waals surface area contributed by atoms with Crippen molar-refractivity contribution in [2.75, 3.05) is 0 Å². The Morgan fingerprint density at radius 3 is 2.29 bits per heavy atom. The highest BCUT2D eigenvalue weighted by Crippen LogP contribution is 2.37. The molecule has 0 saturated carbocycles. The molecule has 0 aromatic heterocycles. The lowest BCUT2D eigenvalue weighted by Crippen LogP contribution is -2.08. The Labute approximate surface area is 87.3 Å². The second-order valence-electron chi connectivity index (χ2n) is 2.76. The van der Waals surface area contributed by atoms with Gasteiger partial charge in [0.25, 0.3) is 0 Å². The zero-order valence-electron chi connectivity index (χ0n) is 7.11. The summed E-state index contributed by atoms with van der Waals surface area (Å²) in [5.41, 5.74) is -0.470. The van der Waals surface area contributed by atoms with Crippen LogP contribution in [0.5, 0.6) is 0 Å². The second-order valence-corrected chi connectivity index (χ2v) is 3.61. The van der Waals surface area contributed by atoms with Gasteiger partial charge in [0.1, 0.15) is 0 Å². The van der Waals surface area contributed by atoms with E-state index in [1.807, 2.05) is 0 Å². The van der Waals surface area contributed by atoms with Crippen LogP contribution in [0.4, 0.5) is 13.2 Å². The number of benzene rings is 1. The standard InChI is InChI=1S/C9H5BrF3N/c1-5-2-6(4-14)3-7(10)8(5)9(11,12)13/h2-3H,1H3. The summed E-state index contributed by atoms with van der Waals surface area (Å²) in [6, 6.07) is 4.17. The first-order valence-corrected chi connectivity index (χ1v) is 4.43. The van der Waals surface area contributed by atoms with Crippen LogP contribution in [0.3, 0.4) is 0 Å². The van der Waals surface area contributed by atoms with Gasteiger partial charge in [-0.2, -0.15) is 18.4 Å². The van der Waals surface area contributed by atoms with Crippen molar-refractivity contribution in [2.24, 2.45) is 0 Å². The van der Waals surface area contributed by atoms with Crippen LogP contribution in [0.25, 0.3) is 0 Å². The first-order valence-electron chi connectivity index (χ1n) is 3.63. The van der Waals surface area contributed by atoms with E-state index in [2.05, 4.69) is 15.9 Å². The number of hydrogen-bond acceptors (Lipinski definition) is 1. The first-order chi connectivity index (χ1) is 6.36. The molecule has 0 N–H and O–H groups in total. The summed E-state index contributed by atoms with van der Waals surface area (Å²) < 4.78 is 37.2. The third-order valence-corrected chi connectivity index (χ3v) is 2.33. The molecule has 0 amide bonds. The Bertz CT molecular complexity index is 380. The molecule has 74 valence electrons. The topological polar surface area (TPSA) is 23.8 Å². The van der Waals surface area contributed by atoms with Gasteiger partial charge in [-0.05, 0) is 24.6 Å². The number of alkyl halides is 3. The van der Waals surface area contributed by atoms with Crippen molar-refractivity contribution < 1.29 is 13.2 Å². The number of nitriles is 1. The third-order valence-electron chi connectivity index (χ3n) is 1.70. The molecule has 5 heteroatoms. The summed E-state index contributed by atoms with van der Waals surface area (Å²) in [6.45, 7) is 1.33. The van der Waals surface area contributed by atoms with E-state index in [1.165, 1.54) is 13.0 Å². The van der Waals surface area contributed by atoms with E-state index in [1.54, 1.807) is 6.07 Å². The lowest BCUT2D eigenvalue weighted by Gasteiger charge is -2.12. The average Bonchev–Trinajstić information content (AvgIpc) is 1.99. The van der Waals surface area contributed by atoms with Crippen molar-refractivity contribution in [3.63, 3.8) is 0 Å². The van der Waals surface area contributed by atoms with E-state index < -0.39 is 11.7 Å². The van der Waals surface area contributed by atoms with E-state index in [0.29, 0.717) is 0 Å². The number of hydrogen-bond donors (Lipinski definition) is 0. The van der Waals surface area contributed by atoms with Gasteiger partial charge in [-0.25, -0.2) is 0 Å². The maximum Gasteiger partial charge on any atom is 0.417 e. The van der Waals surface area contributed by atoms with E-state index in [9.17, 15) is 13.2 Å². The molecule has 0 heterocycles. The highest BCUT2D eigenvalue weighted by molar-refractivity contribution is 9.10. The smallest absolute Gasteiger partial charge is 0.192 e. The molecule has 0 unspecified atom stereocenters. The molecule has 0 aliphatic rings. The van der Waals surface area contributed by atoms with Crippen LogP contribution in [0.2, 0.25) is 0 Å². The fourth-order valence-electron chi connectivity index (χ4n) is 1.17. The predicted molar refractivity (Wildman–Crippen MR) is 48.6 cm³/mol. The molecule has 0 fully saturated rings. The molecule has 1 aromatic carbocycles. The largest absolute Gasteiger partial charge is 0.417 e.